The molecule has 0 bridgehead atoms. The third-order valence-electron chi connectivity index (χ3n) is 3.14. The number of piperidine rings is 1. The van der Waals surface area contributed by atoms with Crippen molar-refractivity contribution in [3.8, 4) is 0 Å². The zero-order valence-electron chi connectivity index (χ0n) is 14.2. The molecule has 2 N–H and O–H groups in total. The van der Waals surface area contributed by atoms with Gasteiger partial charge in [-0.25, -0.2) is 4.79 Å². The first-order chi connectivity index (χ1) is 9.40. The molecule has 1 rings (SSSR count). The van der Waals surface area contributed by atoms with Gasteiger partial charge in [-0.15, -0.1) is 0 Å². The zero-order valence-corrected chi connectivity index (χ0v) is 14.2. The molecule has 1 amide bonds. The quantitative estimate of drug-likeness (QED) is 0.825. The van der Waals surface area contributed by atoms with Crippen molar-refractivity contribution in [3.05, 3.63) is 0 Å². The number of ether oxygens (including phenoxy) is 1. The standard InChI is InChI=1S/C14H28N2O2.C2H6/c1-5-6-7-11-8-9-12(10-15-11)16-13(17)18-14(2,3)4;1-2/h11-12,15H,5-10H2,1-4H3,(H,16,17);1-2H3. The van der Waals surface area contributed by atoms with Crippen LogP contribution in [0, 0.1) is 0 Å². The summed E-state index contributed by atoms with van der Waals surface area (Å²) in [6, 6.07) is 0.833. The molecule has 2 unspecified atom stereocenters. The number of alkyl carbamates (subject to hydrolysis) is 1. The Morgan fingerprint density at radius 2 is 1.95 bits per heavy atom. The smallest absolute Gasteiger partial charge is 0.407 e. The summed E-state index contributed by atoms with van der Waals surface area (Å²) in [4.78, 5) is 11.6. The van der Waals surface area contributed by atoms with Crippen LogP contribution >= 0.6 is 0 Å². The highest BCUT2D eigenvalue weighted by Crippen LogP contribution is 2.14. The fourth-order valence-corrected chi connectivity index (χ4v) is 2.21. The van der Waals surface area contributed by atoms with Crippen LogP contribution in [-0.2, 0) is 4.74 Å². The minimum absolute atomic E-state index is 0.206. The predicted octanol–water partition coefficient (Wildman–Crippen LogP) is 3.85. The number of carbonyl (C=O) groups is 1. The third-order valence-corrected chi connectivity index (χ3v) is 3.14. The summed E-state index contributed by atoms with van der Waals surface area (Å²) in [6.45, 7) is 12.7. The van der Waals surface area contributed by atoms with Crippen LogP contribution in [0.2, 0.25) is 0 Å². The Hall–Kier alpha value is -0.770. The minimum atomic E-state index is -0.421. The van der Waals surface area contributed by atoms with E-state index in [9.17, 15) is 4.79 Å². The van der Waals surface area contributed by atoms with E-state index >= 15 is 0 Å². The highest BCUT2D eigenvalue weighted by molar-refractivity contribution is 5.68. The molecule has 1 aliphatic heterocycles. The molecule has 4 nitrogen and oxygen atoms in total. The molecule has 1 saturated heterocycles. The van der Waals surface area contributed by atoms with Crippen LogP contribution in [0.5, 0.6) is 0 Å². The van der Waals surface area contributed by atoms with Gasteiger partial charge in [-0.3, -0.25) is 0 Å². The Balaban J connectivity index is 0.00000172. The van der Waals surface area contributed by atoms with Gasteiger partial charge < -0.3 is 15.4 Å². The molecule has 4 heteroatoms. The third kappa shape index (κ3) is 9.18. The van der Waals surface area contributed by atoms with Gasteiger partial charge in [0, 0.05) is 18.6 Å². The molecule has 0 aromatic heterocycles. The molecule has 1 fully saturated rings. The van der Waals surface area contributed by atoms with Crippen molar-refractivity contribution in [3.63, 3.8) is 0 Å². The summed E-state index contributed by atoms with van der Waals surface area (Å²) >= 11 is 0. The van der Waals surface area contributed by atoms with E-state index in [1.54, 1.807) is 0 Å². The lowest BCUT2D eigenvalue weighted by atomic mass is 9.97. The van der Waals surface area contributed by atoms with Crippen LogP contribution < -0.4 is 10.6 Å². The van der Waals surface area contributed by atoms with Crippen LogP contribution in [0.25, 0.3) is 0 Å². The topological polar surface area (TPSA) is 50.4 Å². The molecule has 0 radical (unpaired) electrons. The summed E-state index contributed by atoms with van der Waals surface area (Å²) in [6.07, 6.45) is 5.65. The lowest BCUT2D eigenvalue weighted by molar-refractivity contribution is 0.0492. The van der Waals surface area contributed by atoms with E-state index in [1.807, 2.05) is 34.6 Å². The van der Waals surface area contributed by atoms with Crippen LogP contribution in [-0.4, -0.2) is 30.3 Å². The van der Waals surface area contributed by atoms with E-state index in [4.69, 9.17) is 4.74 Å². The number of unbranched alkanes of at least 4 members (excludes halogenated alkanes) is 1. The second kappa shape index (κ2) is 10.0. The largest absolute Gasteiger partial charge is 0.444 e. The summed E-state index contributed by atoms with van der Waals surface area (Å²) in [5.41, 5.74) is -0.421. The monoisotopic (exact) mass is 286 g/mol. The Morgan fingerprint density at radius 1 is 1.30 bits per heavy atom. The molecule has 0 aliphatic carbocycles. The SMILES string of the molecule is CC.CCCCC1CCC(NC(=O)OC(C)(C)C)CN1. The van der Waals surface area contributed by atoms with Crippen molar-refractivity contribution in [1.82, 2.24) is 10.6 Å². The van der Waals surface area contributed by atoms with Gasteiger partial charge in [-0.2, -0.15) is 0 Å². The number of hydrogen-bond acceptors (Lipinski definition) is 3. The Morgan fingerprint density at radius 3 is 2.40 bits per heavy atom. The van der Waals surface area contributed by atoms with Gasteiger partial charge >= 0.3 is 6.09 Å². The number of amides is 1. The molecular weight excluding hydrogens is 252 g/mol. The van der Waals surface area contributed by atoms with Crippen molar-refractivity contribution < 1.29 is 9.53 Å². The number of nitrogens with one attached hydrogen (secondary N) is 2. The van der Waals surface area contributed by atoms with Crippen molar-refractivity contribution in [2.75, 3.05) is 6.54 Å². The van der Waals surface area contributed by atoms with Crippen molar-refractivity contribution in [2.24, 2.45) is 0 Å². The Labute approximate surface area is 125 Å². The molecule has 0 spiro atoms. The maximum atomic E-state index is 11.6. The van der Waals surface area contributed by atoms with Crippen molar-refractivity contribution in [2.45, 2.75) is 91.3 Å². The number of rotatable bonds is 4. The first-order valence-electron chi connectivity index (χ1n) is 8.13. The number of carbonyl (C=O) groups excluding carboxylic acids is 1. The molecular formula is C16H34N2O2. The number of hydrogen-bond donors (Lipinski definition) is 2. The van der Waals surface area contributed by atoms with E-state index in [-0.39, 0.29) is 12.1 Å². The van der Waals surface area contributed by atoms with E-state index in [1.165, 1.54) is 19.3 Å². The minimum Gasteiger partial charge on any atom is -0.444 e. The first kappa shape index (κ1) is 19.2. The van der Waals surface area contributed by atoms with E-state index < -0.39 is 5.60 Å². The van der Waals surface area contributed by atoms with Crippen LogP contribution in [0.1, 0.15) is 73.6 Å². The molecule has 20 heavy (non-hydrogen) atoms. The fraction of sp³-hybridized carbons (Fsp3) is 0.938. The average Bonchev–Trinajstić information content (AvgIpc) is 2.38. The van der Waals surface area contributed by atoms with Crippen molar-refractivity contribution in [1.29, 1.82) is 0 Å². The molecule has 2 atom stereocenters. The van der Waals surface area contributed by atoms with E-state index in [0.29, 0.717) is 6.04 Å². The van der Waals surface area contributed by atoms with E-state index in [0.717, 1.165) is 19.4 Å². The maximum absolute atomic E-state index is 11.6. The van der Waals surface area contributed by atoms with Gasteiger partial charge in [0.1, 0.15) is 5.60 Å². The van der Waals surface area contributed by atoms with Gasteiger partial charge in [0.2, 0.25) is 0 Å². The van der Waals surface area contributed by atoms with Gasteiger partial charge in [-0.1, -0.05) is 33.6 Å². The summed E-state index contributed by atoms with van der Waals surface area (Å²) in [7, 11) is 0. The lowest BCUT2D eigenvalue weighted by Crippen LogP contribution is -2.50. The Kier molecular flexibility index (Phi) is 9.64. The molecule has 0 aromatic carbocycles. The predicted molar refractivity (Wildman–Crippen MR) is 85.1 cm³/mol. The zero-order chi connectivity index (χ0) is 15.6. The molecule has 1 heterocycles. The normalized spacial score (nSPS) is 22.5. The van der Waals surface area contributed by atoms with Gasteiger partial charge in [0.15, 0.2) is 0 Å². The fourth-order valence-electron chi connectivity index (χ4n) is 2.21. The van der Waals surface area contributed by atoms with Crippen LogP contribution in [0.15, 0.2) is 0 Å². The highest BCUT2D eigenvalue weighted by atomic mass is 16.6. The average molecular weight is 286 g/mol. The molecule has 0 saturated carbocycles. The second-order valence-electron chi connectivity index (χ2n) is 6.17. The van der Waals surface area contributed by atoms with Crippen LogP contribution in [0.3, 0.4) is 0 Å². The molecule has 120 valence electrons. The molecule has 1 aliphatic rings. The highest BCUT2D eigenvalue weighted by Gasteiger charge is 2.23. The second-order valence-corrected chi connectivity index (χ2v) is 6.17. The van der Waals surface area contributed by atoms with Crippen LogP contribution in [0.4, 0.5) is 4.79 Å². The Bertz CT molecular complexity index is 254. The first-order valence-corrected chi connectivity index (χ1v) is 8.13. The maximum Gasteiger partial charge on any atom is 0.407 e. The van der Waals surface area contributed by atoms with E-state index in [2.05, 4.69) is 17.6 Å². The lowest BCUT2D eigenvalue weighted by Gasteiger charge is -2.31. The molecule has 0 aromatic rings. The van der Waals surface area contributed by atoms with Gasteiger partial charge in [0.25, 0.3) is 0 Å². The van der Waals surface area contributed by atoms with Gasteiger partial charge in [-0.05, 0) is 40.0 Å². The summed E-state index contributed by atoms with van der Waals surface area (Å²) in [5.74, 6) is 0. The van der Waals surface area contributed by atoms with Crippen molar-refractivity contribution >= 4 is 6.09 Å². The van der Waals surface area contributed by atoms with Gasteiger partial charge in [0.05, 0.1) is 0 Å². The summed E-state index contributed by atoms with van der Waals surface area (Å²) in [5, 5.41) is 6.43. The summed E-state index contributed by atoms with van der Waals surface area (Å²) < 4.78 is 5.25.